The molecule has 1 heteroatoms. The first-order chi connectivity index (χ1) is 5.91. The van der Waals surface area contributed by atoms with Crippen molar-refractivity contribution in [2.24, 2.45) is 0 Å². The second kappa shape index (κ2) is 11.2. The third-order valence-corrected chi connectivity index (χ3v) is 2.38. The number of unbranched alkanes of at least 4 members (excludes halogenated alkanes) is 6. The highest BCUT2D eigenvalue weighted by Crippen LogP contribution is 2.07. The van der Waals surface area contributed by atoms with Crippen LogP contribution in [0, 0.1) is 0 Å². The third kappa shape index (κ3) is 10.2. The van der Waals surface area contributed by atoms with Crippen LogP contribution in [0.2, 0.25) is 0 Å². The van der Waals surface area contributed by atoms with Gasteiger partial charge < -0.3 is 0 Å². The van der Waals surface area contributed by atoms with Crippen molar-refractivity contribution < 1.29 is 0 Å². The second-order valence-electron chi connectivity index (χ2n) is 3.00. The Morgan fingerprint density at radius 2 is 1.50 bits per heavy atom. The third-order valence-electron chi connectivity index (χ3n) is 1.87. The fraction of sp³-hybridized carbons (Fsp3) is 0.636. The molecule has 0 nitrogen and oxygen atoms in total. The lowest BCUT2D eigenvalue weighted by Gasteiger charge is -1.97. The highest BCUT2D eigenvalue weighted by molar-refractivity contribution is 14.1. The van der Waals surface area contributed by atoms with Crippen molar-refractivity contribution in [3.05, 3.63) is 22.8 Å². The van der Waals surface area contributed by atoms with Gasteiger partial charge in [-0.2, -0.15) is 0 Å². The van der Waals surface area contributed by atoms with Crippen LogP contribution in [-0.4, -0.2) is 0 Å². The van der Waals surface area contributed by atoms with E-state index in [1.165, 1.54) is 44.9 Å². The van der Waals surface area contributed by atoms with Crippen molar-refractivity contribution in [3.63, 3.8) is 0 Å². The van der Waals surface area contributed by atoms with E-state index in [0.29, 0.717) is 0 Å². The molecule has 0 saturated heterocycles. The monoisotopic (exact) mass is 278 g/mol. The fourth-order valence-electron chi connectivity index (χ4n) is 1.14. The van der Waals surface area contributed by atoms with Gasteiger partial charge in [-0.3, -0.25) is 0 Å². The van der Waals surface area contributed by atoms with Gasteiger partial charge in [-0.15, -0.1) is 6.58 Å². The largest absolute Gasteiger partial charge is 0.103 e. The SMILES string of the molecule is C=CCCCCCCCC=CI. The second-order valence-corrected chi connectivity index (χ2v) is 3.71. The van der Waals surface area contributed by atoms with Crippen LogP contribution in [0.4, 0.5) is 0 Å². The van der Waals surface area contributed by atoms with Crippen LogP contribution in [0.3, 0.4) is 0 Å². The molecule has 0 rings (SSSR count). The summed E-state index contributed by atoms with van der Waals surface area (Å²) in [4.78, 5) is 0. The Morgan fingerprint density at radius 1 is 0.917 bits per heavy atom. The molecular formula is C11H19I. The molecule has 12 heavy (non-hydrogen) atoms. The predicted molar refractivity (Wildman–Crippen MR) is 65.7 cm³/mol. The predicted octanol–water partition coefficient (Wildman–Crippen LogP) is 4.85. The Kier molecular flexibility index (Phi) is 11.4. The minimum Gasteiger partial charge on any atom is -0.103 e. The van der Waals surface area contributed by atoms with Gasteiger partial charge >= 0.3 is 0 Å². The van der Waals surface area contributed by atoms with E-state index in [1.54, 1.807) is 0 Å². The maximum atomic E-state index is 3.71. The molecular weight excluding hydrogens is 259 g/mol. The number of halogens is 1. The van der Waals surface area contributed by atoms with Crippen molar-refractivity contribution in [2.75, 3.05) is 0 Å². The van der Waals surface area contributed by atoms with Crippen LogP contribution < -0.4 is 0 Å². The van der Waals surface area contributed by atoms with Crippen LogP contribution in [0.1, 0.15) is 44.9 Å². The van der Waals surface area contributed by atoms with Crippen LogP contribution >= 0.6 is 22.6 Å². The Bertz CT molecular complexity index is 116. The molecule has 0 aromatic carbocycles. The molecule has 0 aromatic rings. The molecule has 0 unspecified atom stereocenters. The molecule has 0 saturated carbocycles. The van der Waals surface area contributed by atoms with Gasteiger partial charge in [0.15, 0.2) is 0 Å². The molecule has 70 valence electrons. The molecule has 0 heterocycles. The van der Waals surface area contributed by atoms with Gasteiger partial charge in [0.05, 0.1) is 0 Å². The normalized spacial score (nSPS) is 10.8. The van der Waals surface area contributed by atoms with Crippen LogP contribution in [0.25, 0.3) is 0 Å². The van der Waals surface area contributed by atoms with E-state index < -0.39 is 0 Å². The smallest absolute Gasteiger partial charge is 0.0274 e. The summed E-state index contributed by atoms with van der Waals surface area (Å²) in [5.41, 5.74) is 0. The Hall–Kier alpha value is 0.210. The summed E-state index contributed by atoms with van der Waals surface area (Å²) in [6.07, 6.45) is 13.5. The van der Waals surface area contributed by atoms with E-state index in [4.69, 9.17) is 0 Å². The molecule has 0 bridgehead atoms. The zero-order valence-corrected chi connectivity index (χ0v) is 9.92. The highest BCUT2D eigenvalue weighted by Gasteiger charge is 1.87. The van der Waals surface area contributed by atoms with E-state index in [2.05, 4.69) is 39.3 Å². The summed E-state index contributed by atoms with van der Waals surface area (Å²) in [6, 6.07) is 0. The topological polar surface area (TPSA) is 0 Å². The maximum Gasteiger partial charge on any atom is -0.0274 e. The summed E-state index contributed by atoms with van der Waals surface area (Å²) >= 11 is 2.28. The van der Waals surface area contributed by atoms with E-state index in [0.717, 1.165) is 0 Å². The zero-order chi connectivity index (χ0) is 9.07. The van der Waals surface area contributed by atoms with Crippen molar-refractivity contribution in [2.45, 2.75) is 44.9 Å². The summed E-state index contributed by atoms with van der Waals surface area (Å²) < 4.78 is 2.11. The van der Waals surface area contributed by atoms with Crippen molar-refractivity contribution in [1.82, 2.24) is 0 Å². The minimum atomic E-state index is 1.19. The van der Waals surface area contributed by atoms with Crippen molar-refractivity contribution >= 4 is 22.6 Å². The minimum absolute atomic E-state index is 1.19. The van der Waals surface area contributed by atoms with Crippen molar-refractivity contribution in [3.8, 4) is 0 Å². The summed E-state index contributed by atoms with van der Waals surface area (Å²) in [6.45, 7) is 3.71. The average molecular weight is 278 g/mol. The van der Waals surface area contributed by atoms with Crippen LogP contribution in [-0.2, 0) is 0 Å². The lowest BCUT2D eigenvalue weighted by Crippen LogP contribution is -1.77. The highest BCUT2D eigenvalue weighted by atomic mass is 127. The molecule has 0 amide bonds. The Balaban J connectivity index is 2.86. The molecule has 0 aliphatic heterocycles. The van der Waals surface area contributed by atoms with Gasteiger partial charge in [0.1, 0.15) is 0 Å². The van der Waals surface area contributed by atoms with E-state index in [1.807, 2.05) is 6.08 Å². The fourth-order valence-corrected chi connectivity index (χ4v) is 1.50. The molecule has 0 aliphatic rings. The maximum absolute atomic E-state index is 3.71. The average Bonchev–Trinajstić information content (AvgIpc) is 2.10. The molecule has 0 aromatic heterocycles. The lowest BCUT2D eigenvalue weighted by molar-refractivity contribution is 0.622. The first-order valence-corrected chi connectivity index (χ1v) is 6.02. The molecule has 0 aliphatic carbocycles. The molecule has 0 spiro atoms. The summed E-state index contributed by atoms with van der Waals surface area (Å²) in [5.74, 6) is 0. The molecule has 0 radical (unpaired) electrons. The number of rotatable bonds is 8. The van der Waals surface area contributed by atoms with Gasteiger partial charge in [0.25, 0.3) is 0 Å². The van der Waals surface area contributed by atoms with E-state index in [9.17, 15) is 0 Å². The van der Waals surface area contributed by atoms with Gasteiger partial charge in [-0.1, -0.05) is 54.0 Å². The summed E-state index contributed by atoms with van der Waals surface area (Å²) in [5, 5.41) is 0. The lowest BCUT2D eigenvalue weighted by atomic mass is 10.1. The Morgan fingerprint density at radius 3 is 2.08 bits per heavy atom. The quantitative estimate of drug-likeness (QED) is 0.338. The van der Waals surface area contributed by atoms with Gasteiger partial charge in [0.2, 0.25) is 0 Å². The zero-order valence-electron chi connectivity index (χ0n) is 7.77. The van der Waals surface area contributed by atoms with Gasteiger partial charge in [-0.25, -0.2) is 0 Å². The van der Waals surface area contributed by atoms with E-state index >= 15 is 0 Å². The van der Waals surface area contributed by atoms with Crippen LogP contribution in [0.5, 0.6) is 0 Å². The first kappa shape index (κ1) is 12.2. The van der Waals surface area contributed by atoms with Crippen LogP contribution in [0.15, 0.2) is 22.8 Å². The van der Waals surface area contributed by atoms with Gasteiger partial charge in [-0.05, 0) is 29.8 Å². The molecule has 0 fully saturated rings. The number of hydrogen-bond acceptors (Lipinski definition) is 0. The van der Waals surface area contributed by atoms with E-state index in [-0.39, 0.29) is 0 Å². The van der Waals surface area contributed by atoms with Crippen molar-refractivity contribution in [1.29, 1.82) is 0 Å². The molecule has 0 atom stereocenters. The number of allylic oxidation sites excluding steroid dienone is 2. The Labute approximate surface area is 90.3 Å². The van der Waals surface area contributed by atoms with Gasteiger partial charge in [0, 0.05) is 0 Å². The first-order valence-electron chi connectivity index (χ1n) is 4.78. The number of hydrogen-bond donors (Lipinski definition) is 0. The summed E-state index contributed by atoms with van der Waals surface area (Å²) in [7, 11) is 0. The molecule has 0 N–H and O–H groups in total. The standard InChI is InChI=1S/C11H19I/c1-2-3-4-5-6-7-8-9-10-11-12/h2,10-11H,1,3-9H2.